The number of hydrogen-bond donors (Lipinski definition) is 1. The second-order valence-corrected chi connectivity index (χ2v) is 6.99. The number of hydrogen-bond acceptors (Lipinski definition) is 6. The average Bonchev–Trinajstić information content (AvgIpc) is 2.96. The van der Waals surface area contributed by atoms with Gasteiger partial charge in [0.15, 0.2) is 5.65 Å². The molecule has 7 nitrogen and oxygen atoms in total. The lowest BCUT2D eigenvalue weighted by atomic mass is 10.1. The van der Waals surface area contributed by atoms with Gasteiger partial charge in [-0.2, -0.15) is 5.10 Å². The van der Waals surface area contributed by atoms with Crippen LogP contribution in [-0.4, -0.2) is 52.2 Å². The van der Waals surface area contributed by atoms with E-state index in [1.165, 1.54) is 0 Å². The molecule has 2 aromatic rings. The maximum absolute atomic E-state index is 5.71. The highest BCUT2D eigenvalue weighted by Crippen LogP contribution is 2.26. The van der Waals surface area contributed by atoms with Crippen molar-refractivity contribution in [2.24, 2.45) is 5.92 Å². The Hall–Kier alpha value is -1.73. The van der Waals surface area contributed by atoms with Gasteiger partial charge in [0.2, 0.25) is 0 Å². The number of aromatic nitrogens is 4. The SMILES string of the molecule is CCCCn1nc(CC(C)C)c2c(NCC3COCCO3)ncnc21. The molecule has 0 spiro atoms. The van der Waals surface area contributed by atoms with Gasteiger partial charge in [0.25, 0.3) is 0 Å². The molecule has 3 heterocycles. The first-order chi connectivity index (χ1) is 12.2. The van der Waals surface area contributed by atoms with Crippen molar-refractivity contribution >= 4 is 16.9 Å². The first kappa shape index (κ1) is 18.1. The first-order valence-electron chi connectivity index (χ1n) is 9.32. The zero-order valence-corrected chi connectivity index (χ0v) is 15.5. The normalized spacial score (nSPS) is 18.2. The fourth-order valence-corrected chi connectivity index (χ4v) is 3.07. The van der Waals surface area contributed by atoms with E-state index in [9.17, 15) is 0 Å². The summed E-state index contributed by atoms with van der Waals surface area (Å²) in [4.78, 5) is 8.99. The molecule has 1 N–H and O–H groups in total. The third-order valence-corrected chi connectivity index (χ3v) is 4.31. The average molecular weight is 347 g/mol. The van der Waals surface area contributed by atoms with E-state index < -0.39 is 0 Å². The van der Waals surface area contributed by atoms with E-state index in [0.717, 1.165) is 48.4 Å². The molecule has 7 heteroatoms. The van der Waals surface area contributed by atoms with E-state index >= 15 is 0 Å². The van der Waals surface area contributed by atoms with Crippen LogP contribution in [0.1, 0.15) is 39.3 Å². The molecule has 25 heavy (non-hydrogen) atoms. The Morgan fingerprint density at radius 3 is 2.92 bits per heavy atom. The summed E-state index contributed by atoms with van der Waals surface area (Å²) in [6.07, 6.45) is 4.82. The largest absolute Gasteiger partial charge is 0.376 e. The topological polar surface area (TPSA) is 74.1 Å². The molecule has 0 amide bonds. The molecular formula is C18H29N5O2. The number of unbranched alkanes of at least 4 members (excludes halogenated alkanes) is 1. The zero-order valence-electron chi connectivity index (χ0n) is 15.5. The van der Waals surface area contributed by atoms with Gasteiger partial charge in [-0.3, -0.25) is 0 Å². The number of rotatable bonds is 8. The van der Waals surface area contributed by atoms with E-state index in [2.05, 4.69) is 36.1 Å². The smallest absolute Gasteiger partial charge is 0.163 e. The van der Waals surface area contributed by atoms with Crippen LogP contribution in [0.2, 0.25) is 0 Å². The molecule has 0 saturated carbocycles. The van der Waals surface area contributed by atoms with Crippen molar-refractivity contribution in [2.45, 2.75) is 52.7 Å². The van der Waals surface area contributed by atoms with Crippen LogP contribution in [0.15, 0.2) is 6.33 Å². The third kappa shape index (κ3) is 4.46. The summed E-state index contributed by atoms with van der Waals surface area (Å²) in [5, 5.41) is 9.32. The van der Waals surface area contributed by atoms with Gasteiger partial charge in [0, 0.05) is 13.1 Å². The van der Waals surface area contributed by atoms with Gasteiger partial charge < -0.3 is 14.8 Å². The predicted octanol–water partition coefficient (Wildman–Crippen LogP) is 2.65. The molecule has 3 rings (SSSR count). The van der Waals surface area contributed by atoms with Gasteiger partial charge in [-0.25, -0.2) is 14.6 Å². The molecule has 0 aliphatic carbocycles. The lowest BCUT2D eigenvalue weighted by Crippen LogP contribution is -2.34. The van der Waals surface area contributed by atoms with Crippen molar-refractivity contribution in [3.63, 3.8) is 0 Å². The molecule has 0 aromatic carbocycles. The molecule has 2 aromatic heterocycles. The molecular weight excluding hydrogens is 318 g/mol. The van der Waals surface area contributed by atoms with Crippen LogP contribution in [0.3, 0.4) is 0 Å². The zero-order chi connectivity index (χ0) is 17.6. The lowest BCUT2D eigenvalue weighted by molar-refractivity contribution is -0.0819. The van der Waals surface area contributed by atoms with Crippen molar-refractivity contribution < 1.29 is 9.47 Å². The molecule has 1 atom stereocenters. The van der Waals surface area contributed by atoms with Crippen LogP contribution >= 0.6 is 0 Å². The molecule has 0 radical (unpaired) electrons. The minimum atomic E-state index is 0.0578. The summed E-state index contributed by atoms with van der Waals surface area (Å²) < 4.78 is 13.2. The van der Waals surface area contributed by atoms with E-state index in [-0.39, 0.29) is 6.10 Å². The molecule has 1 aliphatic rings. The van der Waals surface area contributed by atoms with E-state index in [4.69, 9.17) is 14.6 Å². The minimum absolute atomic E-state index is 0.0578. The Balaban J connectivity index is 1.86. The fraction of sp³-hybridized carbons (Fsp3) is 0.722. The van der Waals surface area contributed by atoms with E-state index in [0.29, 0.717) is 32.3 Å². The molecule has 1 saturated heterocycles. The Labute approximate surface area is 149 Å². The Morgan fingerprint density at radius 1 is 1.32 bits per heavy atom. The first-order valence-corrected chi connectivity index (χ1v) is 9.32. The van der Waals surface area contributed by atoms with Crippen LogP contribution in [0.25, 0.3) is 11.0 Å². The highest BCUT2D eigenvalue weighted by molar-refractivity contribution is 5.89. The summed E-state index contributed by atoms with van der Waals surface area (Å²) in [5.74, 6) is 1.37. The van der Waals surface area contributed by atoms with Crippen LogP contribution in [0.4, 0.5) is 5.82 Å². The maximum Gasteiger partial charge on any atom is 0.163 e. The van der Waals surface area contributed by atoms with Gasteiger partial charge in [0.05, 0.1) is 37.0 Å². The van der Waals surface area contributed by atoms with Gasteiger partial charge >= 0.3 is 0 Å². The summed E-state index contributed by atoms with van der Waals surface area (Å²) >= 11 is 0. The van der Waals surface area contributed by atoms with Crippen molar-refractivity contribution in [1.82, 2.24) is 19.7 Å². The Morgan fingerprint density at radius 2 is 2.20 bits per heavy atom. The van der Waals surface area contributed by atoms with Gasteiger partial charge in [-0.05, 0) is 18.8 Å². The van der Waals surface area contributed by atoms with E-state index in [1.54, 1.807) is 6.33 Å². The van der Waals surface area contributed by atoms with Crippen LogP contribution in [-0.2, 0) is 22.4 Å². The minimum Gasteiger partial charge on any atom is -0.376 e. The quantitative estimate of drug-likeness (QED) is 0.791. The van der Waals surface area contributed by atoms with Crippen molar-refractivity contribution in [2.75, 3.05) is 31.7 Å². The Bertz CT molecular complexity index is 679. The number of nitrogens with one attached hydrogen (secondary N) is 1. The summed E-state index contributed by atoms with van der Waals surface area (Å²) in [7, 11) is 0. The highest BCUT2D eigenvalue weighted by atomic mass is 16.6. The molecule has 138 valence electrons. The summed E-state index contributed by atoms with van der Waals surface area (Å²) in [6.45, 7) is 10.1. The van der Waals surface area contributed by atoms with E-state index in [1.807, 2.05) is 4.68 Å². The highest BCUT2D eigenvalue weighted by Gasteiger charge is 2.19. The number of aryl methyl sites for hydroxylation is 1. The fourth-order valence-electron chi connectivity index (χ4n) is 3.07. The van der Waals surface area contributed by atoms with Gasteiger partial charge in [-0.15, -0.1) is 0 Å². The Kier molecular flexibility index (Phi) is 6.20. The predicted molar refractivity (Wildman–Crippen MR) is 97.8 cm³/mol. The number of fused-ring (bicyclic) bond motifs is 1. The summed E-state index contributed by atoms with van der Waals surface area (Å²) in [6, 6.07) is 0. The standard InChI is InChI=1S/C18H29N5O2/c1-4-5-6-23-18-16(15(22-23)9-13(2)3)17(20-12-21-18)19-10-14-11-24-7-8-25-14/h12-14H,4-11H2,1-3H3,(H,19,20,21). The van der Waals surface area contributed by atoms with Crippen molar-refractivity contribution in [3.05, 3.63) is 12.0 Å². The van der Waals surface area contributed by atoms with Crippen LogP contribution in [0.5, 0.6) is 0 Å². The number of nitrogens with zero attached hydrogens (tertiary/aromatic N) is 4. The maximum atomic E-state index is 5.71. The van der Waals surface area contributed by atoms with Crippen molar-refractivity contribution in [3.8, 4) is 0 Å². The van der Waals surface area contributed by atoms with Crippen LogP contribution in [0, 0.1) is 5.92 Å². The second-order valence-electron chi connectivity index (χ2n) is 6.99. The monoisotopic (exact) mass is 347 g/mol. The summed E-state index contributed by atoms with van der Waals surface area (Å²) in [5.41, 5.74) is 1.99. The number of ether oxygens (including phenoxy) is 2. The van der Waals surface area contributed by atoms with Gasteiger partial charge in [0.1, 0.15) is 12.1 Å². The third-order valence-electron chi connectivity index (χ3n) is 4.31. The molecule has 1 unspecified atom stereocenters. The van der Waals surface area contributed by atoms with Crippen LogP contribution < -0.4 is 5.32 Å². The molecule has 1 aliphatic heterocycles. The lowest BCUT2D eigenvalue weighted by Gasteiger charge is -2.23. The molecule has 0 bridgehead atoms. The molecule has 1 fully saturated rings. The second kappa shape index (κ2) is 8.58. The van der Waals surface area contributed by atoms with Crippen molar-refractivity contribution in [1.29, 1.82) is 0 Å². The number of anilines is 1. The van der Waals surface area contributed by atoms with Gasteiger partial charge in [-0.1, -0.05) is 27.2 Å².